The van der Waals surface area contributed by atoms with Gasteiger partial charge in [0.1, 0.15) is 42.7 Å². The van der Waals surface area contributed by atoms with Gasteiger partial charge >= 0.3 is 5.97 Å². The van der Waals surface area contributed by atoms with Gasteiger partial charge in [-0.25, -0.2) is 4.79 Å². The summed E-state index contributed by atoms with van der Waals surface area (Å²) in [5, 5.41) is 79.7. The molecule has 0 aromatic carbocycles. The molecule has 0 aromatic rings. The third-order valence-electron chi connectivity index (χ3n) is 5.40. The van der Waals surface area contributed by atoms with E-state index in [4.69, 9.17) is 29.8 Å². The van der Waals surface area contributed by atoms with Crippen LogP contribution < -0.4 is 5.73 Å². The molecular formula is C18H31NO13. The molecule has 0 aliphatic carbocycles. The van der Waals surface area contributed by atoms with Crippen LogP contribution in [0.15, 0.2) is 12.7 Å². The third kappa shape index (κ3) is 5.44. The quantitative estimate of drug-likeness (QED) is 0.136. The molecule has 0 aromatic heterocycles. The van der Waals surface area contributed by atoms with E-state index in [2.05, 4.69) is 6.58 Å². The minimum atomic E-state index is -2.75. The van der Waals surface area contributed by atoms with E-state index in [-0.39, 0.29) is 6.61 Å². The molecule has 2 aliphatic rings. The number of hydrogen-bond acceptors (Lipinski definition) is 13. The monoisotopic (exact) mass is 469 g/mol. The van der Waals surface area contributed by atoms with Gasteiger partial charge in [0, 0.05) is 6.42 Å². The number of ether oxygens (including phenoxy) is 4. The average Bonchev–Trinajstić information content (AvgIpc) is 2.77. The third-order valence-corrected chi connectivity index (χ3v) is 5.40. The van der Waals surface area contributed by atoms with Crippen molar-refractivity contribution < 1.29 is 64.6 Å². The molecular weight excluding hydrogens is 438 g/mol. The Morgan fingerprint density at radius 2 is 1.91 bits per heavy atom. The number of nitrogens with two attached hydrogens (primary N) is 1. The number of rotatable bonds is 10. The lowest BCUT2D eigenvalue weighted by Gasteiger charge is -2.49. The first-order chi connectivity index (χ1) is 15.0. The van der Waals surface area contributed by atoms with Crippen LogP contribution in [0.1, 0.15) is 6.42 Å². The summed E-state index contributed by atoms with van der Waals surface area (Å²) >= 11 is 0. The number of aliphatic carboxylic acids is 1. The zero-order valence-corrected chi connectivity index (χ0v) is 17.1. The van der Waals surface area contributed by atoms with E-state index in [0.717, 1.165) is 0 Å². The fraction of sp³-hybridized carbons (Fsp3) is 0.833. The zero-order valence-electron chi connectivity index (χ0n) is 17.1. The van der Waals surface area contributed by atoms with E-state index in [9.17, 15) is 40.5 Å². The van der Waals surface area contributed by atoms with Crippen molar-refractivity contribution in [3.05, 3.63) is 12.7 Å². The molecule has 2 saturated heterocycles. The molecule has 32 heavy (non-hydrogen) atoms. The maximum atomic E-state index is 12.1. The van der Waals surface area contributed by atoms with Gasteiger partial charge in [0.05, 0.1) is 32.0 Å². The van der Waals surface area contributed by atoms with Gasteiger partial charge in [-0.1, -0.05) is 6.08 Å². The predicted molar refractivity (Wildman–Crippen MR) is 102 cm³/mol. The van der Waals surface area contributed by atoms with Crippen LogP contribution in [-0.2, 0) is 23.7 Å². The second-order valence-corrected chi connectivity index (χ2v) is 7.64. The van der Waals surface area contributed by atoms with Crippen molar-refractivity contribution in [1.82, 2.24) is 0 Å². The Bertz CT molecular complexity index is 638. The van der Waals surface area contributed by atoms with Gasteiger partial charge in [-0.3, -0.25) is 0 Å². The summed E-state index contributed by atoms with van der Waals surface area (Å²) in [5.74, 6) is -4.54. The van der Waals surface area contributed by atoms with Gasteiger partial charge in [-0.2, -0.15) is 0 Å². The normalized spacial score (nSPS) is 42.2. The van der Waals surface area contributed by atoms with Crippen molar-refractivity contribution in [3.63, 3.8) is 0 Å². The molecule has 0 bridgehead atoms. The summed E-state index contributed by atoms with van der Waals surface area (Å²) < 4.78 is 21.3. The summed E-state index contributed by atoms with van der Waals surface area (Å²) in [4.78, 5) is 12.1. The van der Waals surface area contributed by atoms with E-state index in [0.29, 0.717) is 0 Å². The highest BCUT2D eigenvalue weighted by molar-refractivity contribution is 5.76. The molecule has 10 N–H and O–H groups in total. The van der Waals surface area contributed by atoms with Gasteiger partial charge < -0.3 is 65.5 Å². The van der Waals surface area contributed by atoms with Crippen LogP contribution in [0.2, 0.25) is 0 Å². The molecule has 0 radical (unpaired) electrons. The Labute approximate surface area is 183 Å². The highest BCUT2D eigenvalue weighted by Crippen LogP contribution is 2.36. The second kappa shape index (κ2) is 11.2. The van der Waals surface area contributed by atoms with Crippen molar-refractivity contribution in [2.75, 3.05) is 19.8 Å². The summed E-state index contributed by atoms with van der Waals surface area (Å²) in [6, 6.07) is -1.37. The van der Waals surface area contributed by atoms with Gasteiger partial charge in [0.15, 0.2) is 6.29 Å². The van der Waals surface area contributed by atoms with Crippen molar-refractivity contribution in [2.24, 2.45) is 5.73 Å². The van der Waals surface area contributed by atoms with Gasteiger partial charge in [0.25, 0.3) is 5.79 Å². The standard InChI is InChI=1S/C18H31NO13/c1-2-3-29-16-13(26)15(12(25)9(6-21)30-16)32-18(17(27)28)4-7(22)10(19)14(31-18)11(24)8(23)5-20/h2,7-16,20-26H,1,3-6,19H2,(H,27,28)/t7-,8+,9-,10+,11+,12+,13-,14+,15+,16-,18+/m0/s1. The molecule has 186 valence electrons. The average molecular weight is 469 g/mol. The van der Waals surface area contributed by atoms with Crippen LogP contribution in [0, 0.1) is 0 Å². The van der Waals surface area contributed by atoms with Crippen molar-refractivity contribution in [3.8, 4) is 0 Å². The van der Waals surface area contributed by atoms with Crippen LogP contribution in [0.25, 0.3) is 0 Å². The SMILES string of the molecule is C=CCO[C@H]1O[C@@H](CO)[C@@H](O)[C@@H](O[C@@]2(C(=O)O)C[C@H](O)[C@@H](N)[C@H]([C@H](O)[C@H](O)CO)O2)[C@@H]1O. The highest BCUT2D eigenvalue weighted by atomic mass is 16.8. The van der Waals surface area contributed by atoms with Gasteiger partial charge in [-0.15, -0.1) is 6.58 Å². The minimum Gasteiger partial charge on any atom is -0.477 e. The lowest BCUT2D eigenvalue weighted by molar-refractivity contribution is -0.368. The molecule has 2 fully saturated rings. The highest BCUT2D eigenvalue weighted by Gasteiger charge is 2.58. The van der Waals surface area contributed by atoms with Crippen LogP contribution in [0.3, 0.4) is 0 Å². The van der Waals surface area contributed by atoms with Crippen LogP contribution >= 0.6 is 0 Å². The topological polar surface area (TPSA) is 242 Å². The second-order valence-electron chi connectivity index (χ2n) is 7.64. The van der Waals surface area contributed by atoms with E-state index >= 15 is 0 Å². The van der Waals surface area contributed by atoms with Crippen molar-refractivity contribution in [2.45, 2.75) is 73.4 Å². The summed E-state index contributed by atoms with van der Waals surface area (Å²) in [5.41, 5.74) is 5.79. The largest absolute Gasteiger partial charge is 0.477 e. The lowest BCUT2D eigenvalue weighted by atomic mass is 9.89. The lowest BCUT2D eigenvalue weighted by Crippen LogP contribution is -2.69. The number of carboxylic acids is 1. The van der Waals surface area contributed by atoms with E-state index in [1.54, 1.807) is 0 Å². The molecule has 2 rings (SSSR count). The first-order valence-electron chi connectivity index (χ1n) is 9.87. The first kappa shape index (κ1) is 27.0. The van der Waals surface area contributed by atoms with Gasteiger partial charge in [-0.05, 0) is 0 Å². The van der Waals surface area contributed by atoms with Crippen molar-refractivity contribution >= 4 is 5.97 Å². The Kier molecular flexibility index (Phi) is 9.47. The van der Waals surface area contributed by atoms with E-state index < -0.39 is 92.6 Å². The summed E-state index contributed by atoms with van der Waals surface area (Å²) in [6.07, 6.45) is -14.5. The molecule has 11 atom stereocenters. The minimum absolute atomic E-state index is 0.0931. The zero-order chi connectivity index (χ0) is 24.2. The fourth-order valence-corrected chi connectivity index (χ4v) is 3.58. The Balaban J connectivity index is 2.36. The van der Waals surface area contributed by atoms with Crippen LogP contribution in [-0.4, -0.2) is 134 Å². The number of carboxylic acid groups (broad SMARTS) is 1. The molecule has 0 unspecified atom stereocenters. The van der Waals surface area contributed by atoms with Crippen LogP contribution in [0.4, 0.5) is 0 Å². The molecule has 0 amide bonds. The van der Waals surface area contributed by atoms with E-state index in [1.165, 1.54) is 6.08 Å². The molecule has 0 spiro atoms. The Hall–Kier alpha value is -1.27. The summed E-state index contributed by atoms with van der Waals surface area (Å²) in [7, 11) is 0. The molecule has 2 heterocycles. The maximum absolute atomic E-state index is 12.1. The number of aliphatic hydroxyl groups excluding tert-OH is 7. The van der Waals surface area contributed by atoms with E-state index in [1.807, 2.05) is 0 Å². The van der Waals surface area contributed by atoms with Crippen molar-refractivity contribution in [1.29, 1.82) is 0 Å². The number of aliphatic hydroxyl groups is 7. The smallest absolute Gasteiger partial charge is 0.364 e. The Morgan fingerprint density at radius 3 is 2.44 bits per heavy atom. The maximum Gasteiger partial charge on any atom is 0.364 e. The molecule has 2 aliphatic heterocycles. The first-order valence-corrected chi connectivity index (χ1v) is 9.87. The number of hydrogen-bond donors (Lipinski definition) is 9. The van der Waals surface area contributed by atoms with Gasteiger partial charge in [0.2, 0.25) is 0 Å². The number of carbonyl (C=O) groups is 1. The molecule has 14 nitrogen and oxygen atoms in total. The fourth-order valence-electron chi connectivity index (χ4n) is 3.58. The predicted octanol–water partition coefficient (Wildman–Crippen LogP) is -5.01. The molecule has 14 heteroatoms. The summed E-state index contributed by atoms with van der Waals surface area (Å²) in [6.45, 7) is 1.70. The van der Waals surface area contributed by atoms with Crippen LogP contribution in [0.5, 0.6) is 0 Å². The Morgan fingerprint density at radius 1 is 1.25 bits per heavy atom. The molecule has 0 saturated carbocycles.